The van der Waals surface area contributed by atoms with Crippen molar-refractivity contribution in [3.63, 3.8) is 0 Å². The standard InChI is InChI=1S/C15H17N3O3/c1-9-7-5-6-8-11(9)14(19)16-12-10(2)18(3)17-13(12)15(20)21-4/h5-8H,1-4H3,(H,16,19). The lowest BCUT2D eigenvalue weighted by Crippen LogP contribution is -2.16. The SMILES string of the molecule is COC(=O)c1nn(C)c(C)c1NC(=O)c1ccccc1C. The van der Waals surface area contributed by atoms with E-state index >= 15 is 0 Å². The Morgan fingerprint density at radius 3 is 2.52 bits per heavy atom. The molecule has 1 amide bonds. The Balaban J connectivity index is 2.38. The van der Waals surface area contributed by atoms with E-state index < -0.39 is 5.97 Å². The monoisotopic (exact) mass is 287 g/mol. The quantitative estimate of drug-likeness (QED) is 0.877. The first kappa shape index (κ1) is 14.8. The molecule has 1 heterocycles. The summed E-state index contributed by atoms with van der Waals surface area (Å²) in [5.74, 6) is -0.867. The lowest BCUT2D eigenvalue weighted by molar-refractivity contribution is 0.0594. The minimum absolute atomic E-state index is 0.0967. The fourth-order valence-electron chi connectivity index (χ4n) is 2.01. The smallest absolute Gasteiger partial charge is 0.360 e. The van der Waals surface area contributed by atoms with Crippen molar-refractivity contribution in [2.75, 3.05) is 12.4 Å². The third-order valence-corrected chi connectivity index (χ3v) is 3.34. The number of carbonyl (C=O) groups is 2. The maximum Gasteiger partial charge on any atom is 0.360 e. The van der Waals surface area contributed by atoms with Crippen molar-refractivity contribution in [2.24, 2.45) is 7.05 Å². The minimum Gasteiger partial charge on any atom is -0.464 e. The van der Waals surface area contributed by atoms with Gasteiger partial charge in [-0.05, 0) is 25.5 Å². The Morgan fingerprint density at radius 1 is 1.24 bits per heavy atom. The van der Waals surface area contributed by atoms with Gasteiger partial charge in [0, 0.05) is 12.6 Å². The summed E-state index contributed by atoms with van der Waals surface area (Å²) in [6, 6.07) is 7.24. The Bertz CT molecular complexity index is 704. The van der Waals surface area contributed by atoms with E-state index in [1.165, 1.54) is 11.8 Å². The molecule has 6 nitrogen and oxygen atoms in total. The van der Waals surface area contributed by atoms with E-state index in [4.69, 9.17) is 4.74 Å². The molecule has 0 aliphatic carbocycles. The number of ether oxygens (including phenoxy) is 1. The number of anilines is 1. The van der Waals surface area contributed by atoms with E-state index in [1.807, 2.05) is 19.1 Å². The zero-order valence-corrected chi connectivity index (χ0v) is 12.4. The number of nitrogens with zero attached hydrogens (tertiary/aromatic N) is 2. The normalized spacial score (nSPS) is 10.3. The molecule has 0 aliphatic heterocycles. The predicted molar refractivity (Wildman–Crippen MR) is 78.4 cm³/mol. The number of methoxy groups -OCH3 is 1. The number of hydrogen-bond acceptors (Lipinski definition) is 4. The van der Waals surface area contributed by atoms with Gasteiger partial charge in [-0.3, -0.25) is 9.48 Å². The van der Waals surface area contributed by atoms with Gasteiger partial charge in [-0.15, -0.1) is 0 Å². The molecular formula is C15H17N3O3. The van der Waals surface area contributed by atoms with E-state index in [0.29, 0.717) is 16.9 Å². The van der Waals surface area contributed by atoms with Crippen LogP contribution in [0.4, 0.5) is 5.69 Å². The minimum atomic E-state index is -0.584. The molecule has 2 aromatic rings. The molecule has 0 atom stereocenters. The summed E-state index contributed by atoms with van der Waals surface area (Å²) in [5, 5.41) is 6.83. The van der Waals surface area contributed by atoms with E-state index in [-0.39, 0.29) is 11.6 Å². The molecular weight excluding hydrogens is 270 g/mol. The van der Waals surface area contributed by atoms with Crippen molar-refractivity contribution < 1.29 is 14.3 Å². The van der Waals surface area contributed by atoms with Gasteiger partial charge in [0.25, 0.3) is 5.91 Å². The predicted octanol–water partition coefficient (Wildman–Crippen LogP) is 2.08. The van der Waals surface area contributed by atoms with Crippen LogP contribution in [0.25, 0.3) is 0 Å². The van der Waals surface area contributed by atoms with Crippen molar-refractivity contribution >= 4 is 17.6 Å². The number of rotatable bonds is 3. The molecule has 1 N–H and O–H groups in total. The van der Waals surface area contributed by atoms with Gasteiger partial charge in [0.15, 0.2) is 5.69 Å². The topological polar surface area (TPSA) is 73.2 Å². The number of nitrogens with one attached hydrogen (secondary N) is 1. The fourth-order valence-corrected chi connectivity index (χ4v) is 2.01. The van der Waals surface area contributed by atoms with E-state index in [9.17, 15) is 9.59 Å². The van der Waals surface area contributed by atoms with Crippen LogP contribution in [-0.4, -0.2) is 28.8 Å². The van der Waals surface area contributed by atoms with E-state index in [2.05, 4.69) is 10.4 Å². The first-order chi connectivity index (χ1) is 9.95. The van der Waals surface area contributed by atoms with Gasteiger partial charge in [-0.25, -0.2) is 4.79 Å². The summed E-state index contributed by atoms with van der Waals surface area (Å²) in [4.78, 5) is 24.1. The largest absolute Gasteiger partial charge is 0.464 e. The highest BCUT2D eigenvalue weighted by atomic mass is 16.5. The molecule has 110 valence electrons. The molecule has 0 unspecified atom stereocenters. The Kier molecular flexibility index (Phi) is 4.07. The summed E-state index contributed by atoms with van der Waals surface area (Å²) in [5.41, 5.74) is 2.56. The van der Waals surface area contributed by atoms with Crippen molar-refractivity contribution in [1.82, 2.24) is 9.78 Å². The van der Waals surface area contributed by atoms with Gasteiger partial charge in [0.2, 0.25) is 0 Å². The number of aryl methyl sites for hydroxylation is 2. The zero-order valence-electron chi connectivity index (χ0n) is 12.4. The van der Waals surface area contributed by atoms with Crippen LogP contribution >= 0.6 is 0 Å². The van der Waals surface area contributed by atoms with Crippen LogP contribution in [0.5, 0.6) is 0 Å². The van der Waals surface area contributed by atoms with Crippen LogP contribution in [0.1, 0.15) is 32.1 Å². The molecule has 0 fully saturated rings. The molecule has 6 heteroatoms. The molecule has 1 aromatic carbocycles. The van der Waals surface area contributed by atoms with Gasteiger partial charge in [-0.1, -0.05) is 18.2 Å². The van der Waals surface area contributed by atoms with Crippen LogP contribution in [0, 0.1) is 13.8 Å². The molecule has 0 aliphatic rings. The number of amides is 1. The van der Waals surface area contributed by atoms with Crippen LogP contribution < -0.4 is 5.32 Å². The van der Waals surface area contributed by atoms with Crippen LogP contribution in [-0.2, 0) is 11.8 Å². The molecule has 0 saturated heterocycles. The highest BCUT2D eigenvalue weighted by Crippen LogP contribution is 2.21. The van der Waals surface area contributed by atoms with E-state index in [0.717, 1.165) is 5.56 Å². The van der Waals surface area contributed by atoms with Crippen molar-refractivity contribution in [3.8, 4) is 0 Å². The van der Waals surface area contributed by atoms with Crippen LogP contribution in [0.3, 0.4) is 0 Å². The van der Waals surface area contributed by atoms with Gasteiger partial charge < -0.3 is 10.1 Å². The number of carbonyl (C=O) groups excluding carboxylic acids is 2. The fraction of sp³-hybridized carbons (Fsp3) is 0.267. The summed E-state index contributed by atoms with van der Waals surface area (Å²) in [7, 11) is 2.98. The van der Waals surface area contributed by atoms with Gasteiger partial charge in [-0.2, -0.15) is 5.10 Å². The van der Waals surface area contributed by atoms with Crippen LogP contribution in [0.2, 0.25) is 0 Å². The average molecular weight is 287 g/mol. The Labute approximate surface area is 122 Å². The molecule has 0 radical (unpaired) electrons. The summed E-state index contributed by atoms with van der Waals surface area (Å²) >= 11 is 0. The second kappa shape index (κ2) is 5.78. The average Bonchev–Trinajstić information content (AvgIpc) is 2.75. The third-order valence-electron chi connectivity index (χ3n) is 3.34. The molecule has 0 saturated carbocycles. The van der Waals surface area contributed by atoms with Crippen LogP contribution in [0.15, 0.2) is 24.3 Å². The molecule has 0 bridgehead atoms. The number of esters is 1. The third kappa shape index (κ3) is 2.79. The lowest BCUT2D eigenvalue weighted by atomic mass is 10.1. The summed E-state index contributed by atoms with van der Waals surface area (Å²) in [6.45, 7) is 3.62. The van der Waals surface area contributed by atoms with Gasteiger partial charge >= 0.3 is 5.97 Å². The van der Waals surface area contributed by atoms with E-state index in [1.54, 1.807) is 26.1 Å². The second-order valence-corrected chi connectivity index (χ2v) is 4.69. The molecule has 2 rings (SSSR count). The molecule has 0 spiro atoms. The summed E-state index contributed by atoms with van der Waals surface area (Å²) < 4.78 is 6.22. The lowest BCUT2D eigenvalue weighted by Gasteiger charge is -2.08. The first-order valence-corrected chi connectivity index (χ1v) is 6.44. The Morgan fingerprint density at radius 2 is 1.90 bits per heavy atom. The van der Waals surface area contributed by atoms with Crippen molar-refractivity contribution in [1.29, 1.82) is 0 Å². The second-order valence-electron chi connectivity index (χ2n) is 4.69. The number of aromatic nitrogens is 2. The highest BCUT2D eigenvalue weighted by Gasteiger charge is 2.22. The van der Waals surface area contributed by atoms with Gasteiger partial charge in [0.1, 0.15) is 0 Å². The maximum absolute atomic E-state index is 12.4. The van der Waals surface area contributed by atoms with Crippen molar-refractivity contribution in [2.45, 2.75) is 13.8 Å². The number of benzene rings is 1. The number of hydrogen-bond donors (Lipinski definition) is 1. The maximum atomic E-state index is 12.4. The molecule has 1 aromatic heterocycles. The Hall–Kier alpha value is -2.63. The van der Waals surface area contributed by atoms with Crippen molar-refractivity contribution in [3.05, 3.63) is 46.8 Å². The molecule has 21 heavy (non-hydrogen) atoms. The first-order valence-electron chi connectivity index (χ1n) is 6.44. The summed E-state index contributed by atoms with van der Waals surface area (Å²) in [6.07, 6.45) is 0. The van der Waals surface area contributed by atoms with Gasteiger partial charge in [0.05, 0.1) is 18.5 Å². The zero-order chi connectivity index (χ0) is 15.6. The highest BCUT2D eigenvalue weighted by molar-refractivity contribution is 6.08.